The first-order valence-electron chi connectivity index (χ1n) is 6.94. The van der Waals surface area contributed by atoms with Gasteiger partial charge < -0.3 is 10.4 Å². The van der Waals surface area contributed by atoms with E-state index in [1.807, 2.05) is 6.92 Å². The molecule has 3 nitrogen and oxygen atoms in total. The molecule has 0 fully saturated rings. The Morgan fingerprint density at radius 1 is 1.26 bits per heavy atom. The summed E-state index contributed by atoms with van der Waals surface area (Å²) < 4.78 is 0. The Labute approximate surface area is 116 Å². The van der Waals surface area contributed by atoms with Crippen molar-refractivity contribution >= 4 is 5.91 Å². The van der Waals surface area contributed by atoms with E-state index in [0.29, 0.717) is 13.0 Å². The predicted molar refractivity (Wildman–Crippen MR) is 78.2 cm³/mol. The summed E-state index contributed by atoms with van der Waals surface area (Å²) in [5.41, 5.74) is 5.14. The number of nitrogens with one attached hydrogen (secondary N) is 1. The first-order valence-corrected chi connectivity index (χ1v) is 6.94. The lowest BCUT2D eigenvalue weighted by atomic mass is 9.97. The molecule has 1 rings (SSSR count). The third-order valence-electron chi connectivity index (χ3n) is 3.60. The molecule has 106 valence electrons. The van der Waals surface area contributed by atoms with Crippen LogP contribution in [0.25, 0.3) is 0 Å². The summed E-state index contributed by atoms with van der Waals surface area (Å²) in [7, 11) is 0. The molecule has 19 heavy (non-hydrogen) atoms. The van der Waals surface area contributed by atoms with E-state index >= 15 is 0 Å². The lowest BCUT2D eigenvalue weighted by Gasteiger charge is -2.14. The Balaban J connectivity index is 2.57. The summed E-state index contributed by atoms with van der Waals surface area (Å²) in [6.45, 7) is 8.78. The van der Waals surface area contributed by atoms with Gasteiger partial charge >= 0.3 is 0 Å². The van der Waals surface area contributed by atoms with Gasteiger partial charge in [0.2, 0.25) is 5.91 Å². The van der Waals surface area contributed by atoms with Crippen molar-refractivity contribution in [2.24, 2.45) is 5.92 Å². The average Bonchev–Trinajstić information content (AvgIpc) is 2.34. The number of carbonyl (C=O) groups is 1. The zero-order chi connectivity index (χ0) is 14.4. The van der Waals surface area contributed by atoms with Crippen LogP contribution in [0.2, 0.25) is 0 Å². The average molecular weight is 263 g/mol. The molecule has 1 aromatic carbocycles. The molecule has 2 N–H and O–H groups in total. The fourth-order valence-corrected chi connectivity index (χ4v) is 2.46. The number of hydrogen-bond donors (Lipinski definition) is 2. The van der Waals surface area contributed by atoms with Crippen LogP contribution in [0, 0.1) is 26.7 Å². The highest BCUT2D eigenvalue weighted by atomic mass is 16.3. The van der Waals surface area contributed by atoms with Crippen LogP contribution in [-0.2, 0) is 11.2 Å². The van der Waals surface area contributed by atoms with Crippen molar-refractivity contribution in [1.82, 2.24) is 5.32 Å². The van der Waals surface area contributed by atoms with Crippen LogP contribution < -0.4 is 5.32 Å². The van der Waals surface area contributed by atoms with E-state index in [2.05, 4.69) is 38.2 Å². The van der Waals surface area contributed by atoms with Crippen LogP contribution in [-0.4, -0.2) is 24.2 Å². The Kier molecular flexibility index (Phi) is 6.03. The molecule has 0 heterocycles. The van der Waals surface area contributed by atoms with Crippen LogP contribution in [0.5, 0.6) is 0 Å². The summed E-state index contributed by atoms with van der Waals surface area (Å²) >= 11 is 0. The second-order valence-corrected chi connectivity index (χ2v) is 5.21. The molecule has 0 aromatic heterocycles. The number of benzene rings is 1. The van der Waals surface area contributed by atoms with Crippen LogP contribution in [0.1, 0.15) is 35.6 Å². The zero-order valence-electron chi connectivity index (χ0n) is 12.4. The molecule has 3 heteroatoms. The summed E-state index contributed by atoms with van der Waals surface area (Å²) in [6.07, 6.45) is 1.51. The van der Waals surface area contributed by atoms with Crippen LogP contribution in [0.3, 0.4) is 0 Å². The van der Waals surface area contributed by atoms with E-state index in [1.165, 1.54) is 22.3 Å². The van der Waals surface area contributed by atoms with Crippen molar-refractivity contribution < 1.29 is 9.90 Å². The Morgan fingerprint density at radius 3 is 2.32 bits per heavy atom. The maximum Gasteiger partial charge on any atom is 0.225 e. The van der Waals surface area contributed by atoms with Gasteiger partial charge in [-0.2, -0.15) is 0 Å². The smallest absolute Gasteiger partial charge is 0.225 e. The largest absolute Gasteiger partial charge is 0.396 e. The van der Waals surface area contributed by atoms with E-state index in [-0.39, 0.29) is 18.4 Å². The van der Waals surface area contributed by atoms with Gasteiger partial charge in [0.05, 0.1) is 12.5 Å². The van der Waals surface area contributed by atoms with Gasteiger partial charge in [-0.15, -0.1) is 0 Å². The van der Waals surface area contributed by atoms with E-state index in [4.69, 9.17) is 5.11 Å². The van der Waals surface area contributed by atoms with Crippen molar-refractivity contribution in [3.8, 4) is 0 Å². The fourth-order valence-electron chi connectivity index (χ4n) is 2.46. The number of amides is 1. The number of carbonyl (C=O) groups excluding carboxylic acids is 1. The minimum absolute atomic E-state index is 0.0487. The molecule has 0 aliphatic rings. The Morgan fingerprint density at radius 2 is 1.84 bits per heavy atom. The maximum absolute atomic E-state index is 11.7. The van der Waals surface area contributed by atoms with Gasteiger partial charge in [0.15, 0.2) is 0 Å². The van der Waals surface area contributed by atoms with Crippen molar-refractivity contribution in [3.05, 3.63) is 34.4 Å². The molecule has 0 aliphatic heterocycles. The topological polar surface area (TPSA) is 49.3 Å². The molecule has 1 amide bonds. The quantitative estimate of drug-likeness (QED) is 0.827. The molecule has 0 bridgehead atoms. The number of aryl methyl sites for hydroxylation is 3. The summed E-state index contributed by atoms with van der Waals surface area (Å²) in [5.74, 6) is -0.326. The SMILES string of the molecule is CCC(CO)C(=O)NCCc1c(C)cc(C)cc1C. The van der Waals surface area contributed by atoms with Crippen molar-refractivity contribution in [1.29, 1.82) is 0 Å². The van der Waals surface area contributed by atoms with Gasteiger partial charge in [-0.25, -0.2) is 0 Å². The molecule has 0 radical (unpaired) electrons. The molecular weight excluding hydrogens is 238 g/mol. The fraction of sp³-hybridized carbons (Fsp3) is 0.562. The standard InChI is InChI=1S/C16H25NO2/c1-5-14(10-18)16(19)17-7-6-15-12(3)8-11(2)9-13(15)4/h8-9,14,18H,5-7,10H2,1-4H3,(H,17,19). The highest BCUT2D eigenvalue weighted by Gasteiger charge is 2.14. The molecular formula is C16H25NO2. The second kappa shape index (κ2) is 7.29. The summed E-state index contributed by atoms with van der Waals surface area (Å²) in [4.78, 5) is 11.7. The molecule has 0 aliphatic carbocycles. The van der Waals surface area contributed by atoms with Crippen molar-refractivity contribution in [2.75, 3.05) is 13.2 Å². The molecule has 0 spiro atoms. The van der Waals surface area contributed by atoms with Crippen molar-refractivity contribution in [3.63, 3.8) is 0 Å². The minimum Gasteiger partial charge on any atom is -0.396 e. The summed E-state index contributed by atoms with van der Waals surface area (Å²) in [5, 5.41) is 12.0. The maximum atomic E-state index is 11.7. The zero-order valence-corrected chi connectivity index (χ0v) is 12.4. The van der Waals surface area contributed by atoms with E-state index in [1.54, 1.807) is 0 Å². The number of aliphatic hydroxyl groups is 1. The van der Waals surface area contributed by atoms with Gasteiger partial charge in [0, 0.05) is 6.54 Å². The highest BCUT2D eigenvalue weighted by Crippen LogP contribution is 2.16. The predicted octanol–water partition coefficient (Wildman–Crippen LogP) is 2.29. The monoisotopic (exact) mass is 263 g/mol. The molecule has 0 saturated carbocycles. The third kappa shape index (κ3) is 4.35. The number of aliphatic hydroxyl groups excluding tert-OH is 1. The third-order valence-corrected chi connectivity index (χ3v) is 3.60. The van der Waals surface area contributed by atoms with Gasteiger partial charge in [0.1, 0.15) is 0 Å². The Bertz CT molecular complexity index is 413. The van der Waals surface area contributed by atoms with Crippen molar-refractivity contribution in [2.45, 2.75) is 40.5 Å². The van der Waals surface area contributed by atoms with Gasteiger partial charge in [-0.1, -0.05) is 24.6 Å². The van der Waals surface area contributed by atoms with E-state index < -0.39 is 0 Å². The molecule has 1 atom stereocenters. The number of hydrogen-bond acceptors (Lipinski definition) is 2. The highest BCUT2D eigenvalue weighted by molar-refractivity contribution is 5.78. The molecule has 1 aromatic rings. The molecule has 0 saturated heterocycles. The minimum atomic E-state index is -0.278. The normalized spacial score (nSPS) is 12.3. The Hall–Kier alpha value is -1.35. The van der Waals surface area contributed by atoms with Gasteiger partial charge in [0.25, 0.3) is 0 Å². The van der Waals surface area contributed by atoms with E-state index in [9.17, 15) is 4.79 Å². The van der Waals surface area contributed by atoms with Crippen LogP contribution in [0.15, 0.2) is 12.1 Å². The van der Waals surface area contributed by atoms with Crippen LogP contribution >= 0.6 is 0 Å². The van der Waals surface area contributed by atoms with E-state index in [0.717, 1.165) is 6.42 Å². The lowest BCUT2D eigenvalue weighted by Crippen LogP contribution is -2.33. The van der Waals surface area contributed by atoms with Crippen LogP contribution in [0.4, 0.5) is 0 Å². The molecule has 1 unspecified atom stereocenters. The number of rotatable bonds is 6. The first-order chi connectivity index (χ1) is 8.99. The summed E-state index contributed by atoms with van der Waals surface area (Å²) in [6, 6.07) is 4.35. The lowest BCUT2D eigenvalue weighted by molar-refractivity contribution is -0.126. The second-order valence-electron chi connectivity index (χ2n) is 5.21. The first kappa shape index (κ1) is 15.7. The van der Waals surface area contributed by atoms with Gasteiger partial charge in [-0.05, 0) is 50.3 Å². The van der Waals surface area contributed by atoms with Gasteiger partial charge in [-0.3, -0.25) is 4.79 Å².